The molecule has 0 aliphatic heterocycles. The van der Waals surface area contributed by atoms with Crippen LogP contribution in [0.1, 0.15) is 184 Å². The third-order valence-electron chi connectivity index (χ3n) is 7.09. The Morgan fingerprint density at radius 1 is 0.419 bits per heavy atom. The average molecular weight is 702 g/mol. The second-order valence-electron chi connectivity index (χ2n) is 12.0. The topological polar surface area (TPSA) is 117 Å². The molecular weight excluding hydrogens is 633 g/mol. The molecule has 0 aliphatic rings. The fourth-order valence-electron chi connectivity index (χ4n) is 4.58. The minimum absolute atomic E-state index is 0. The van der Waals surface area contributed by atoms with Crippen LogP contribution in [0, 0.1) is 0 Å². The maximum atomic E-state index is 11.8. The van der Waals surface area contributed by atoms with Crippen molar-refractivity contribution in [3.8, 4) is 0 Å². The Bertz CT molecular complexity index is 582. The van der Waals surface area contributed by atoms with E-state index in [0.29, 0.717) is 0 Å². The summed E-state index contributed by atoms with van der Waals surface area (Å²) in [6, 6.07) is 0. The van der Waals surface area contributed by atoms with Gasteiger partial charge >= 0.3 is 16.8 Å². The van der Waals surface area contributed by atoms with Crippen molar-refractivity contribution >= 4 is 15.6 Å². The zero-order valence-corrected chi connectivity index (χ0v) is 31.8. The second-order valence-corrected chi connectivity index (χ2v) is 14.6. The standard InChI is InChI=1S/2C16H35O4P.Co/c2*1-5-7-9-11-13-15(3)19-21(17,18)20-16(4)14-12-10-8-6-2;/h2*15-16H,5-14H2,1-4H3,(H,17,18);/q;;+2/p-2. The molecule has 0 aliphatic carbocycles. The van der Waals surface area contributed by atoms with Gasteiger partial charge in [-0.15, -0.1) is 0 Å². The zero-order valence-electron chi connectivity index (χ0n) is 28.9. The maximum absolute atomic E-state index is 11.8. The average Bonchev–Trinajstić information content (AvgIpc) is 2.89. The Hall–Kier alpha value is 0.726. The van der Waals surface area contributed by atoms with Crippen molar-refractivity contribution in [2.75, 3.05) is 0 Å². The molecule has 0 heterocycles. The summed E-state index contributed by atoms with van der Waals surface area (Å²) in [5.41, 5.74) is 0. The molecule has 0 aromatic carbocycles. The summed E-state index contributed by atoms with van der Waals surface area (Å²) in [6.07, 6.45) is 19.8. The van der Waals surface area contributed by atoms with Crippen molar-refractivity contribution in [3.05, 3.63) is 0 Å². The molecule has 0 saturated heterocycles. The van der Waals surface area contributed by atoms with Gasteiger partial charge in [-0.2, -0.15) is 0 Å². The van der Waals surface area contributed by atoms with E-state index in [2.05, 4.69) is 27.7 Å². The van der Waals surface area contributed by atoms with Crippen LogP contribution < -0.4 is 9.79 Å². The van der Waals surface area contributed by atoms with Gasteiger partial charge in [0.05, 0.1) is 24.4 Å². The Balaban J connectivity index is -0.000000727. The van der Waals surface area contributed by atoms with Gasteiger partial charge in [0.25, 0.3) is 15.6 Å². The first-order chi connectivity index (χ1) is 19.8. The van der Waals surface area contributed by atoms with Crippen LogP contribution in [-0.2, 0) is 44.0 Å². The minimum Gasteiger partial charge on any atom is -0.756 e. The smallest absolute Gasteiger partial charge is 0.756 e. The van der Waals surface area contributed by atoms with Gasteiger partial charge in [0.15, 0.2) is 0 Å². The molecule has 43 heavy (non-hydrogen) atoms. The summed E-state index contributed by atoms with van der Waals surface area (Å²) >= 11 is 0. The number of phosphoric acid groups is 2. The Labute approximate surface area is 277 Å². The van der Waals surface area contributed by atoms with E-state index >= 15 is 0 Å². The molecule has 4 unspecified atom stereocenters. The van der Waals surface area contributed by atoms with Crippen LogP contribution >= 0.6 is 15.6 Å². The van der Waals surface area contributed by atoms with E-state index in [1.54, 1.807) is 27.7 Å². The maximum Gasteiger partial charge on any atom is 2.00 e. The fourth-order valence-corrected chi connectivity index (χ4v) is 6.86. The molecule has 11 heteroatoms. The summed E-state index contributed by atoms with van der Waals surface area (Å²) in [7, 11) is -8.33. The van der Waals surface area contributed by atoms with Crippen LogP contribution in [0.4, 0.5) is 0 Å². The van der Waals surface area contributed by atoms with Crippen molar-refractivity contribution < 1.29 is 53.8 Å². The largest absolute Gasteiger partial charge is 2.00 e. The summed E-state index contributed by atoms with van der Waals surface area (Å²) in [4.78, 5) is 23.6. The molecule has 0 fully saturated rings. The van der Waals surface area contributed by atoms with Crippen LogP contribution in [0.2, 0.25) is 0 Å². The van der Waals surface area contributed by atoms with E-state index in [0.717, 1.165) is 77.0 Å². The van der Waals surface area contributed by atoms with E-state index in [4.69, 9.17) is 18.1 Å². The predicted molar refractivity (Wildman–Crippen MR) is 172 cm³/mol. The molecule has 1 radical (unpaired) electrons. The van der Waals surface area contributed by atoms with E-state index in [-0.39, 0.29) is 41.2 Å². The van der Waals surface area contributed by atoms with E-state index in [1.165, 1.54) is 51.4 Å². The molecule has 4 atom stereocenters. The third kappa shape index (κ3) is 35.4. The number of hydrogen-bond donors (Lipinski definition) is 0. The van der Waals surface area contributed by atoms with Gasteiger partial charge in [0.2, 0.25) is 0 Å². The molecule has 0 amide bonds. The molecule has 0 saturated carbocycles. The van der Waals surface area contributed by atoms with E-state index < -0.39 is 15.6 Å². The van der Waals surface area contributed by atoms with Gasteiger partial charge in [0, 0.05) is 0 Å². The summed E-state index contributed by atoms with van der Waals surface area (Å²) in [5, 5.41) is 0. The van der Waals surface area contributed by atoms with Crippen LogP contribution in [0.5, 0.6) is 0 Å². The number of hydrogen-bond acceptors (Lipinski definition) is 8. The predicted octanol–water partition coefficient (Wildman–Crippen LogP) is 10.4. The molecule has 0 aromatic rings. The summed E-state index contributed by atoms with van der Waals surface area (Å²) in [6.45, 7) is 15.8. The van der Waals surface area contributed by atoms with E-state index in [1.807, 2.05) is 0 Å². The number of rotatable bonds is 28. The molecule has 0 spiro atoms. The van der Waals surface area contributed by atoms with Crippen molar-refractivity contribution in [2.24, 2.45) is 0 Å². The van der Waals surface area contributed by atoms with Gasteiger partial charge < -0.3 is 27.9 Å². The normalized spacial score (nSPS) is 17.0. The van der Waals surface area contributed by atoms with Gasteiger partial charge in [-0.3, -0.25) is 9.13 Å². The van der Waals surface area contributed by atoms with Crippen molar-refractivity contribution in [3.63, 3.8) is 0 Å². The number of phosphoric ester groups is 2. The first kappa shape index (κ1) is 48.1. The van der Waals surface area contributed by atoms with Crippen molar-refractivity contribution in [1.82, 2.24) is 0 Å². The molecular formula is C32H68CoO8P2. The molecule has 0 rings (SSSR count). The molecule has 0 bridgehead atoms. The minimum atomic E-state index is -4.17. The zero-order chi connectivity index (χ0) is 32.3. The van der Waals surface area contributed by atoms with Gasteiger partial charge in [-0.1, -0.05) is 130 Å². The quantitative estimate of drug-likeness (QED) is 0.0584. The summed E-state index contributed by atoms with van der Waals surface area (Å²) in [5.74, 6) is 0. The van der Waals surface area contributed by atoms with E-state index in [9.17, 15) is 18.9 Å². The van der Waals surface area contributed by atoms with Gasteiger partial charge in [-0.05, 0) is 53.4 Å². The van der Waals surface area contributed by atoms with Crippen LogP contribution in [0.25, 0.3) is 0 Å². The first-order valence-electron chi connectivity index (χ1n) is 17.2. The monoisotopic (exact) mass is 701 g/mol. The van der Waals surface area contributed by atoms with Crippen LogP contribution in [0.15, 0.2) is 0 Å². The Kier molecular flexibility index (Phi) is 35.1. The molecule has 0 N–H and O–H groups in total. The van der Waals surface area contributed by atoms with Crippen molar-refractivity contribution in [1.29, 1.82) is 0 Å². The second kappa shape index (κ2) is 31.3. The fraction of sp³-hybridized carbons (Fsp3) is 1.00. The Morgan fingerprint density at radius 3 is 0.767 bits per heavy atom. The third-order valence-corrected chi connectivity index (χ3v) is 9.57. The van der Waals surface area contributed by atoms with Crippen LogP contribution in [-0.4, -0.2) is 24.4 Å². The SMILES string of the molecule is CCCCCCC(C)OP(=O)([O-])OC(C)CCCCCC.CCCCCCC(C)OP(=O)([O-])OC(C)CCCCCC.[Co+2]. The van der Waals surface area contributed by atoms with Gasteiger partial charge in [0.1, 0.15) is 0 Å². The molecule has 0 aromatic heterocycles. The van der Waals surface area contributed by atoms with Gasteiger partial charge in [-0.25, -0.2) is 0 Å². The number of unbranched alkanes of at least 4 members (excludes halogenated alkanes) is 12. The van der Waals surface area contributed by atoms with Crippen LogP contribution in [0.3, 0.4) is 0 Å². The molecule has 8 nitrogen and oxygen atoms in total. The van der Waals surface area contributed by atoms with Crippen molar-refractivity contribution in [2.45, 2.75) is 208 Å². The first-order valence-corrected chi connectivity index (χ1v) is 20.1. The Morgan fingerprint density at radius 2 is 0.605 bits per heavy atom. The summed E-state index contributed by atoms with van der Waals surface area (Å²) < 4.78 is 44.0. The molecule has 263 valence electrons.